The number of nitrogens with one attached hydrogen (secondary N) is 1. The Morgan fingerprint density at radius 3 is 2.67 bits per heavy atom. The Bertz CT molecular complexity index is 526. The number of benzene rings is 1. The molecule has 1 heterocycles. The van der Waals surface area contributed by atoms with Gasteiger partial charge < -0.3 is 5.32 Å². The molecule has 96 valence electrons. The minimum absolute atomic E-state index is 0.391. The third kappa shape index (κ3) is 3.23. The van der Waals surface area contributed by atoms with Crippen molar-refractivity contribution in [3.05, 3.63) is 44.8 Å². The van der Waals surface area contributed by atoms with E-state index in [2.05, 4.69) is 26.2 Å². The van der Waals surface area contributed by atoms with Gasteiger partial charge in [-0.05, 0) is 34.1 Å². The molecule has 7 heteroatoms. The van der Waals surface area contributed by atoms with Crippen LogP contribution in [0.15, 0.2) is 34.4 Å². The summed E-state index contributed by atoms with van der Waals surface area (Å²) in [5.74, 6) is 0. The van der Waals surface area contributed by atoms with Gasteiger partial charge in [-0.25, -0.2) is 0 Å². The number of thiazole rings is 1. The van der Waals surface area contributed by atoms with E-state index in [-0.39, 0.29) is 0 Å². The minimum Gasteiger partial charge on any atom is -0.379 e. The van der Waals surface area contributed by atoms with E-state index in [1.807, 2.05) is 0 Å². The fourth-order valence-electron chi connectivity index (χ4n) is 1.35. The van der Waals surface area contributed by atoms with Crippen LogP contribution in [-0.4, -0.2) is 4.98 Å². The second-order valence-corrected chi connectivity index (χ2v) is 5.34. The molecule has 1 N–H and O–H groups in total. The molecular weight excluding hydrogens is 329 g/mol. The first kappa shape index (κ1) is 13.4. The lowest BCUT2D eigenvalue weighted by molar-refractivity contribution is -0.137. The first-order valence-corrected chi connectivity index (χ1v) is 6.62. The van der Waals surface area contributed by atoms with Gasteiger partial charge in [0.05, 0.1) is 17.6 Å². The van der Waals surface area contributed by atoms with Gasteiger partial charge >= 0.3 is 6.18 Å². The van der Waals surface area contributed by atoms with Gasteiger partial charge in [-0.2, -0.15) is 13.2 Å². The molecule has 0 fully saturated rings. The molecule has 0 saturated carbocycles. The van der Waals surface area contributed by atoms with Crippen LogP contribution in [0.5, 0.6) is 0 Å². The van der Waals surface area contributed by atoms with Crippen molar-refractivity contribution in [1.29, 1.82) is 0 Å². The number of alkyl halides is 3. The van der Waals surface area contributed by atoms with Crippen LogP contribution in [0.4, 0.5) is 18.9 Å². The summed E-state index contributed by atoms with van der Waals surface area (Å²) in [6.07, 6.45) is -2.60. The van der Waals surface area contributed by atoms with Gasteiger partial charge in [0.25, 0.3) is 0 Å². The minimum atomic E-state index is -4.32. The maximum absolute atomic E-state index is 12.5. The van der Waals surface area contributed by atoms with Crippen molar-refractivity contribution in [3.8, 4) is 0 Å². The average Bonchev–Trinajstić information content (AvgIpc) is 2.79. The second-order valence-electron chi connectivity index (χ2n) is 3.51. The Hall–Kier alpha value is -1.08. The zero-order valence-corrected chi connectivity index (χ0v) is 11.4. The summed E-state index contributed by atoms with van der Waals surface area (Å²) in [6, 6.07) is 3.53. The van der Waals surface area contributed by atoms with E-state index in [1.165, 1.54) is 17.4 Å². The SMILES string of the molecule is FC(F)(F)c1ccc(NCc2cncs2)c(Br)c1. The van der Waals surface area contributed by atoms with Crippen LogP contribution in [0, 0.1) is 0 Å². The predicted molar refractivity (Wildman–Crippen MR) is 68.6 cm³/mol. The van der Waals surface area contributed by atoms with Crippen LogP contribution in [-0.2, 0) is 12.7 Å². The molecule has 0 atom stereocenters. The maximum Gasteiger partial charge on any atom is 0.416 e. The predicted octanol–water partition coefficient (Wildman–Crippen LogP) is 4.54. The molecule has 0 unspecified atom stereocenters. The smallest absolute Gasteiger partial charge is 0.379 e. The topological polar surface area (TPSA) is 24.9 Å². The van der Waals surface area contributed by atoms with E-state index in [0.29, 0.717) is 16.7 Å². The third-order valence-electron chi connectivity index (χ3n) is 2.23. The summed E-state index contributed by atoms with van der Waals surface area (Å²) in [7, 11) is 0. The lowest BCUT2D eigenvalue weighted by atomic mass is 10.2. The average molecular weight is 337 g/mol. The number of nitrogens with zero attached hydrogens (tertiary/aromatic N) is 1. The number of halogens is 4. The maximum atomic E-state index is 12.5. The first-order valence-electron chi connectivity index (χ1n) is 4.95. The number of hydrogen-bond acceptors (Lipinski definition) is 3. The Morgan fingerprint density at radius 1 is 1.33 bits per heavy atom. The highest BCUT2D eigenvalue weighted by Crippen LogP contribution is 2.34. The summed E-state index contributed by atoms with van der Waals surface area (Å²) < 4.78 is 37.8. The van der Waals surface area contributed by atoms with Gasteiger partial charge in [0.2, 0.25) is 0 Å². The highest BCUT2D eigenvalue weighted by atomic mass is 79.9. The van der Waals surface area contributed by atoms with Crippen LogP contribution in [0.25, 0.3) is 0 Å². The Balaban J connectivity index is 2.10. The quantitative estimate of drug-likeness (QED) is 0.890. The van der Waals surface area contributed by atoms with E-state index in [4.69, 9.17) is 0 Å². The molecule has 0 amide bonds. The first-order chi connectivity index (χ1) is 8.47. The highest BCUT2D eigenvalue weighted by Gasteiger charge is 2.30. The van der Waals surface area contributed by atoms with Crippen molar-refractivity contribution < 1.29 is 13.2 Å². The van der Waals surface area contributed by atoms with Crippen LogP contribution in [0.3, 0.4) is 0 Å². The van der Waals surface area contributed by atoms with Gasteiger partial charge in [-0.3, -0.25) is 4.98 Å². The number of hydrogen-bond donors (Lipinski definition) is 1. The third-order valence-corrected chi connectivity index (χ3v) is 3.67. The molecule has 2 rings (SSSR count). The molecule has 18 heavy (non-hydrogen) atoms. The molecule has 0 aliphatic carbocycles. The van der Waals surface area contributed by atoms with E-state index in [0.717, 1.165) is 17.0 Å². The number of anilines is 1. The number of rotatable bonds is 3. The normalized spacial score (nSPS) is 11.6. The lowest BCUT2D eigenvalue weighted by Crippen LogP contribution is -2.06. The summed E-state index contributed by atoms with van der Waals surface area (Å²) in [6.45, 7) is 0.536. The van der Waals surface area contributed by atoms with Crippen LogP contribution >= 0.6 is 27.3 Å². The van der Waals surface area contributed by atoms with Crippen molar-refractivity contribution in [1.82, 2.24) is 4.98 Å². The highest BCUT2D eigenvalue weighted by molar-refractivity contribution is 9.10. The van der Waals surface area contributed by atoms with Crippen molar-refractivity contribution in [2.75, 3.05) is 5.32 Å². The van der Waals surface area contributed by atoms with Gasteiger partial charge in [0.1, 0.15) is 0 Å². The van der Waals surface area contributed by atoms with Crippen molar-refractivity contribution in [2.24, 2.45) is 0 Å². The fraction of sp³-hybridized carbons (Fsp3) is 0.182. The summed E-state index contributed by atoms with van der Waals surface area (Å²) in [5.41, 5.74) is 1.66. The fourth-order valence-corrected chi connectivity index (χ4v) is 2.40. The van der Waals surface area contributed by atoms with Crippen LogP contribution in [0.1, 0.15) is 10.4 Å². The summed E-state index contributed by atoms with van der Waals surface area (Å²) >= 11 is 4.62. The van der Waals surface area contributed by atoms with Gasteiger partial charge in [0, 0.05) is 21.2 Å². The van der Waals surface area contributed by atoms with Crippen LogP contribution < -0.4 is 5.32 Å². The molecule has 2 nitrogen and oxygen atoms in total. The van der Waals surface area contributed by atoms with E-state index >= 15 is 0 Å². The second kappa shape index (κ2) is 5.27. The molecule has 2 aromatic rings. The van der Waals surface area contributed by atoms with Gasteiger partial charge in [-0.1, -0.05) is 0 Å². The molecular formula is C11H8BrF3N2S. The van der Waals surface area contributed by atoms with E-state index in [9.17, 15) is 13.2 Å². The molecule has 0 bridgehead atoms. The largest absolute Gasteiger partial charge is 0.416 e. The Morgan fingerprint density at radius 2 is 2.11 bits per heavy atom. The summed E-state index contributed by atoms with van der Waals surface area (Å²) in [4.78, 5) is 4.94. The van der Waals surface area contributed by atoms with Crippen molar-refractivity contribution >= 4 is 33.0 Å². The molecule has 1 aromatic heterocycles. The monoisotopic (exact) mass is 336 g/mol. The molecule has 0 radical (unpaired) electrons. The summed E-state index contributed by atoms with van der Waals surface area (Å²) in [5, 5.41) is 3.05. The zero-order valence-electron chi connectivity index (χ0n) is 8.96. The zero-order chi connectivity index (χ0) is 13.2. The lowest BCUT2D eigenvalue weighted by Gasteiger charge is -2.11. The molecule has 1 aromatic carbocycles. The molecule has 0 spiro atoms. The molecule has 0 aliphatic rings. The standard InChI is InChI=1S/C11H8BrF3N2S/c12-9-3-7(11(13,14)15)1-2-10(9)17-5-8-4-16-6-18-8/h1-4,6,17H,5H2. The molecule has 0 saturated heterocycles. The van der Waals surface area contributed by atoms with Crippen molar-refractivity contribution in [2.45, 2.75) is 12.7 Å². The van der Waals surface area contributed by atoms with Gasteiger partial charge in [-0.15, -0.1) is 11.3 Å². The van der Waals surface area contributed by atoms with Crippen LogP contribution in [0.2, 0.25) is 0 Å². The Kier molecular flexibility index (Phi) is 3.91. The number of aromatic nitrogens is 1. The van der Waals surface area contributed by atoms with E-state index in [1.54, 1.807) is 11.7 Å². The van der Waals surface area contributed by atoms with Gasteiger partial charge in [0.15, 0.2) is 0 Å². The molecule has 0 aliphatic heterocycles. The van der Waals surface area contributed by atoms with Crippen molar-refractivity contribution in [3.63, 3.8) is 0 Å². The van der Waals surface area contributed by atoms with E-state index < -0.39 is 11.7 Å². The Labute approximate surface area is 114 Å².